The number of benzene rings is 1. The summed E-state index contributed by atoms with van der Waals surface area (Å²) in [4.78, 5) is 4.49. The quantitative estimate of drug-likeness (QED) is 0.526. The molecule has 1 heterocycles. The second-order valence-electron chi connectivity index (χ2n) is 4.58. The van der Waals surface area contributed by atoms with Crippen LogP contribution in [0.5, 0.6) is 5.88 Å². The minimum atomic E-state index is 0.444. The molecule has 21 heavy (non-hydrogen) atoms. The van der Waals surface area contributed by atoms with E-state index in [-0.39, 0.29) is 0 Å². The molecule has 0 aliphatic heterocycles. The van der Waals surface area contributed by atoms with Crippen LogP contribution >= 0.6 is 11.6 Å². The van der Waals surface area contributed by atoms with Gasteiger partial charge in [-0.2, -0.15) is 0 Å². The van der Waals surface area contributed by atoms with E-state index in [1.807, 2.05) is 30.3 Å². The van der Waals surface area contributed by atoms with Gasteiger partial charge in [-0.15, -0.1) is 11.6 Å². The van der Waals surface area contributed by atoms with Crippen LogP contribution in [0.4, 0.5) is 0 Å². The van der Waals surface area contributed by atoms with Crippen LogP contribution in [0.3, 0.4) is 0 Å². The number of hydrogen-bond acceptors (Lipinski definition) is 4. The number of fused-ring (bicyclic) bond motifs is 1. The van der Waals surface area contributed by atoms with Crippen LogP contribution in [0.15, 0.2) is 30.3 Å². The molecule has 2 rings (SSSR count). The summed E-state index contributed by atoms with van der Waals surface area (Å²) in [6.07, 6.45) is 0.814. The van der Waals surface area contributed by atoms with Gasteiger partial charge in [-0.3, -0.25) is 0 Å². The molecular weight excluding hydrogens is 290 g/mol. The van der Waals surface area contributed by atoms with E-state index >= 15 is 0 Å². The summed E-state index contributed by atoms with van der Waals surface area (Å²) in [5, 5.41) is 1.07. The molecule has 5 heteroatoms. The number of alkyl halides is 1. The second kappa shape index (κ2) is 8.82. The summed E-state index contributed by atoms with van der Waals surface area (Å²) in [5.41, 5.74) is 1.94. The zero-order chi connectivity index (χ0) is 14.9. The maximum absolute atomic E-state index is 5.99. The molecule has 114 valence electrons. The Hall–Kier alpha value is -1.36. The lowest BCUT2D eigenvalue weighted by molar-refractivity contribution is 0.0642. The van der Waals surface area contributed by atoms with Gasteiger partial charge in [0.1, 0.15) is 0 Å². The molecule has 0 saturated carbocycles. The van der Waals surface area contributed by atoms with Gasteiger partial charge in [-0.05, 0) is 11.6 Å². The number of hydrogen-bond donors (Lipinski definition) is 0. The fraction of sp³-hybridized carbons (Fsp3) is 0.438. The van der Waals surface area contributed by atoms with Crippen LogP contribution in [0.25, 0.3) is 10.9 Å². The summed E-state index contributed by atoms with van der Waals surface area (Å²) in [6, 6.07) is 9.83. The average Bonchev–Trinajstić information content (AvgIpc) is 2.53. The Labute approximate surface area is 130 Å². The number of ether oxygens (including phenoxy) is 3. The first-order valence-electron chi connectivity index (χ1n) is 6.99. The number of nitrogens with zero attached hydrogens (tertiary/aromatic N) is 1. The molecule has 0 aliphatic rings. The van der Waals surface area contributed by atoms with Gasteiger partial charge in [-0.25, -0.2) is 4.98 Å². The Kier molecular flexibility index (Phi) is 6.73. The molecular formula is C16H20ClNO3. The standard InChI is InChI=1S/C16H20ClNO3/c1-19-9-10-20-7-4-8-21-16-11-13(12-17)14-5-2-3-6-15(14)18-16/h2-3,5-6,11H,4,7-10,12H2,1H3. The molecule has 0 aliphatic carbocycles. The maximum Gasteiger partial charge on any atom is 0.214 e. The minimum Gasteiger partial charge on any atom is -0.478 e. The van der Waals surface area contributed by atoms with E-state index in [0.717, 1.165) is 22.9 Å². The fourth-order valence-corrected chi connectivity index (χ4v) is 2.21. The molecule has 0 bridgehead atoms. The average molecular weight is 310 g/mol. The topological polar surface area (TPSA) is 40.6 Å². The predicted molar refractivity (Wildman–Crippen MR) is 84.1 cm³/mol. The Morgan fingerprint density at radius 3 is 2.76 bits per heavy atom. The van der Waals surface area contributed by atoms with Crippen molar-refractivity contribution >= 4 is 22.5 Å². The maximum atomic E-state index is 5.99. The Bertz CT molecular complexity index is 562. The second-order valence-corrected chi connectivity index (χ2v) is 4.84. The monoisotopic (exact) mass is 309 g/mol. The molecule has 0 unspecified atom stereocenters. The molecule has 1 aromatic carbocycles. The zero-order valence-corrected chi connectivity index (χ0v) is 12.9. The Balaban J connectivity index is 1.87. The Morgan fingerprint density at radius 2 is 1.95 bits per heavy atom. The van der Waals surface area contributed by atoms with Gasteiger partial charge in [0.05, 0.1) is 25.3 Å². The van der Waals surface area contributed by atoms with Crippen molar-refractivity contribution in [2.24, 2.45) is 0 Å². The molecule has 0 N–H and O–H groups in total. The van der Waals surface area contributed by atoms with Crippen LogP contribution < -0.4 is 4.74 Å². The first-order valence-corrected chi connectivity index (χ1v) is 7.52. The molecule has 0 radical (unpaired) electrons. The van der Waals surface area contributed by atoms with E-state index in [0.29, 0.717) is 38.2 Å². The van der Waals surface area contributed by atoms with E-state index in [9.17, 15) is 0 Å². The van der Waals surface area contributed by atoms with Gasteiger partial charge in [0.25, 0.3) is 0 Å². The highest BCUT2D eigenvalue weighted by atomic mass is 35.5. The number of methoxy groups -OCH3 is 1. The molecule has 4 nitrogen and oxygen atoms in total. The van der Waals surface area contributed by atoms with E-state index in [4.69, 9.17) is 25.8 Å². The van der Waals surface area contributed by atoms with Crippen molar-refractivity contribution in [1.29, 1.82) is 0 Å². The molecule has 2 aromatic rings. The summed E-state index contributed by atoms with van der Waals surface area (Å²) < 4.78 is 16.0. The van der Waals surface area contributed by atoms with Crippen molar-refractivity contribution in [2.45, 2.75) is 12.3 Å². The van der Waals surface area contributed by atoms with Crippen molar-refractivity contribution in [3.63, 3.8) is 0 Å². The van der Waals surface area contributed by atoms with Crippen LogP contribution in [0, 0.1) is 0 Å². The van der Waals surface area contributed by atoms with E-state index in [1.165, 1.54) is 0 Å². The van der Waals surface area contributed by atoms with Crippen LogP contribution in [-0.2, 0) is 15.4 Å². The van der Waals surface area contributed by atoms with E-state index in [2.05, 4.69) is 4.98 Å². The van der Waals surface area contributed by atoms with Crippen molar-refractivity contribution in [3.8, 4) is 5.88 Å². The molecule has 0 fully saturated rings. The van der Waals surface area contributed by atoms with Gasteiger partial charge in [-0.1, -0.05) is 18.2 Å². The predicted octanol–water partition coefficient (Wildman–Crippen LogP) is 3.41. The zero-order valence-electron chi connectivity index (χ0n) is 12.2. The minimum absolute atomic E-state index is 0.444. The van der Waals surface area contributed by atoms with E-state index < -0.39 is 0 Å². The molecule has 0 spiro atoms. The number of aromatic nitrogens is 1. The lowest BCUT2D eigenvalue weighted by Gasteiger charge is -2.09. The first kappa shape index (κ1) is 16.0. The van der Waals surface area contributed by atoms with E-state index in [1.54, 1.807) is 7.11 Å². The summed E-state index contributed by atoms with van der Waals surface area (Å²) in [5.74, 6) is 1.06. The highest BCUT2D eigenvalue weighted by molar-refractivity contribution is 6.18. The van der Waals surface area contributed by atoms with Crippen molar-refractivity contribution in [3.05, 3.63) is 35.9 Å². The smallest absolute Gasteiger partial charge is 0.214 e. The Morgan fingerprint density at radius 1 is 1.10 bits per heavy atom. The number of rotatable bonds is 9. The van der Waals surface area contributed by atoms with Crippen LogP contribution in [-0.4, -0.2) is 38.5 Å². The lowest BCUT2D eigenvalue weighted by atomic mass is 10.1. The highest BCUT2D eigenvalue weighted by Gasteiger charge is 2.05. The third kappa shape index (κ3) is 4.84. The molecule has 0 saturated heterocycles. The van der Waals surface area contributed by atoms with Crippen molar-refractivity contribution in [1.82, 2.24) is 4.98 Å². The van der Waals surface area contributed by atoms with Crippen molar-refractivity contribution < 1.29 is 14.2 Å². The largest absolute Gasteiger partial charge is 0.478 e. The van der Waals surface area contributed by atoms with Gasteiger partial charge < -0.3 is 14.2 Å². The first-order chi connectivity index (χ1) is 10.3. The SMILES string of the molecule is COCCOCCCOc1cc(CCl)c2ccccc2n1. The van der Waals surface area contributed by atoms with Gasteiger partial charge in [0.2, 0.25) is 5.88 Å². The number of halogens is 1. The van der Waals surface area contributed by atoms with Crippen LogP contribution in [0.2, 0.25) is 0 Å². The van der Waals surface area contributed by atoms with Gasteiger partial charge >= 0.3 is 0 Å². The van der Waals surface area contributed by atoms with Gasteiger partial charge in [0, 0.05) is 37.5 Å². The summed E-state index contributed by atoms with van der Waals surface area (Å²) in [7, 11) is 1.66. The molecule has 0 atom stereocenters. The molecule has 0 amide bonds. The van der Waals surface area contributed by atoms with Crippen LogP contribution in [0.1, 0.15) is 12.0 Å². The highest BCUT2D eigenvalue weighted by Crippen LogP contribution is 2.23. The molecule has 1 aromatic heterocycles. The lowest BCUT2D eigenvalue weighted by Crippen LogP contribution is -2.07. The normalized spacial score (nSPS) is 11.0. The summed E-state index contributed by atoms with van der Waals surface area (Å²) in [6.45, 7) is 2.45. The third-order valence-corrected chi connectivity index (χ3v) is 3.33. The fourth-order valence-electron chi connectivity index (χ4n) is 1.99. The van der Waals surface area contributed by atoms with Gasteiger partial charge in [0.15, 0.2) is 0 Å². The number of pyridine rings is 1. The summed E-state index contributed by atoms with van der Waals surface area (Å²) >= 11 is 5.99. The number of para-hydroxylation sites is 1. The third-order valence-electron chi connectivity index (χ3n) is 3.04. The van der Waals surface area contributed by atoms with Crippen molar-refractivity contribution in [2.75, 3.05) is 33.5 Å².